The Hall–Kier alpha value is -0.390. The van der Waals surface area contributed by atoms with Crippen LogP contribution in [0.3, 0.4) is 0 Å². The van der Waals surface area contributed by atoms with Crippen LogP contribution in [0.5, 0.6) is 0 Å². The SMILES string of the molecule is NCCOCCn1cc(Br)cn1. The van der Waals surface area contributed by atoms with Crippen LogP contribution in [0.1, 0.15) is 0 Å². The molecule has 0 bridgehead atoms. The summed E-state index contributed by atoms with van der Waals surface area (Å²) in [5.41, 5.74) is 5.26. The zero-order chi connectivity index (χ0) is 8.81. The van der Waals surface area contributed by atoms with Crippen LogP contribution in [0.2, 0.25) is 0 Å². The summed E-state index contributed by atoms with van der Waals surface area (Å²) in [7, 11) is 0. The van der Waals surface area contributed by atoms with Crippen LogP contribution in [0.15, 0.2) is 16.9 Å². The van der Waals surface area contributed by atoms with Crippen LogP contribution in [0, 0.1) is 0 Å². The first-order valence-electron chi connectivity index (χ1n) is 3.78. The van der Waals surface area contributed by atoms with Gasteiger partial charge < -0.3 is 10.5 Å². The molecule has 1 aromatic heterocycles. The summed E-state index contributed by atoms with van der Waals surface area (Å²) in [5.74, 6) is 0. The topological polar surface area (TPSA) is 53.1 Å². The van der Waals surface area contributed by atoms with E-state index in [2.05, 4.69) is 21.0 Å². The molecule has 5 heteroatoms. The zero-order valence-electron chi connectivity index (χ0n) is 6.74. The molecule has 0 unspecified atom stereocenters. The third-order valence-electron chi connectivity index (χ3n) is 1.33. The fraction of sp³-hybridized carbons (Fsp3) is 0.571. The highest BCUT2D eigenvalue weighted by Gasteiger charge is 1.93. The molecule has 0 aliphatic heterocycles. The van der Waals surface area contributed by atoms with Crippen molar-refractivity contribution in [1.82, 2.24) is 9.78 Å². The number of rotatable bonds is 5. The van der Waals surface area contributed by atoms with Crippen molar-refractivity contribution in [2.24, 2.45) is 5.73 Å². The third-order valence-corrected chi connectivity index (χ3v) is 1.74. The van der Waals surface area contributed by atoms with Crippen molar-refractivity contribution >= 4 is 15.9 Å². The molecule has 0 radical (unpaired) electrons. The molecule has 0 atom stereocenters. The van der Waals surface area contributed by atoms with Gasteiger partial charge in [-0.1, -0.05) is 0 Å². The Morgan fingerprint density at radius 3 is 3.00 bits per heavy atom. The first-order valence-corrected chi connectivity index (χ1v) is 4.58. The van der Waals surface area contributed by atoms with Gasteiger partial charge in [-0.2, -0.15) is 5.10 Å². The van der Waals surface area contributed by atoms with Crippen molar-refractivity contribution in [3.8, 4) is 0 Å². The Bertz CT molecular complexity index is 226. The smallest absolute Gasteiger partial charge is 0.0663 e. The van der Waals surface area contributed by atoms with Crippen molar-refractivity contribution < 1.29 is 4.74 Å². The van der Waals surface area contributed by atoms with Gasteiger partial charge >= 0.3 is 0 Å². The van der Waals surface area contributed by atoms with Crippen LogP contribution < -0.4 is 5.73 Å². The van der Waals surface area contributed by atoms with E-state index in [1.54, 1.807) is 6.20 Å². The summed E-state index contributed by atoms with van der Waals surface area (Å²) in [6, 6.07) is 0. The predicted molar refractivity (Wildman–Crippen MR) is 49.8 cm³/mol. The first-order chi connectivity index (χ1) is 5.83. The number of aromatic nitrogens is 2. The molecule has 0 spiro atoms. The molecule has 0 aromatic carbocycles. The first kappa shape index (κ1) is 9.70. The van der Waals surface area contributed by atoms with Crippen molar-refractivity contribution in [1.29, 1.82) is 0 Å². The molecule has 12 heavy (non-hydrogen) atoms. The van der Waals surface area contributed by atoms with Gasteiger partial charge in [0, 0.05) is 12.7 Å². The van der Waals surface area contributed by atoms with Gasteiger partial charge in [-0.05, 0) is 15.9 Å². The second-order valence-corrected chi connectivity index (χ2v) is 3.24. The fourth-order valence-electron chi connectivity index (χ4n) is 0.804. The molecule has 0 aliphatic rings. The molecular formula is C7H12BrN3O. The van der Waals surface area contributed by atoms with Gasteiger partial charge in [-0.3, -0.25) is 4.68 Å². The number of nitrogens with two attached hydrogens (primary N) is 1. The standard InChI is InChI=1S/C7H12BrN3O/c8-7-5-10-11(6-7)2-4-12-3-1-9/h5-6H,1-4,9H2. The highest BCUT2D eigenvalue weighted by Crippen LogP contribution is 2.05. The number of ether oxygens (including phenoxy) is 1. The lowest BCUT2D eigenvalue weighted by Crippen LogP contribution is -2.12. The second kappa shape index (κ2) is 5.29. The maximum Gasteiger partial charge on any atom is 0.0663 e. The highest BCUT2D eigenvalue weighted by molar-refractivity contribution is 9.10. The van der Waals surface area contributed by atoms with Crippen molar-refractivity contribution in [3.63, 3.8) is 0 Å². The largest absolute Gasteiger partial charge is 0.378 e. The normalized spacial score (nSPS) is 10.5. The summed E-state index contributed by atoms with van der Waals surface area (Å²) in [5, 5.41) is 4.07. The fourth-order valence-corrected chi connectivity index (χ4v) is 1.13. The Morgan fingerprint density at radius 2 is 2.42 bits per heavy atom. The van der Waals surface area contributed by atoms with E-state index >= 15 is 0 Å². The molecule has 1 rings (SSSR count). The van der Waals surface area contributed by atoms with E-state index in [4.69, 9.17) is 10.5 Å². The molecule has 0 fully saturated rings. The van der Waals surface area contributed by atoms with Gasteiger partial charge in [0.1, 0.15) is 0 Å². The molecule has 0 aliphatic carbocycles. The minimum atomic E-state index is 0.572. The van der Waals surface area contributed by atoms with E-state index in [-0.39, 0.29) is 0 Å². The minimum Gasteiger partial charge on any atom is -0.378 e. The van der Waals surface area contributed by atoms with Crippen LogP contribution in [-0.4, -0.2) is 29.5 Å². The van der Waals surface area contributed by atoms with E-state index in [9.17, 15) is 0 Å². The highest BCUT2D eigenvalue weighted by atomic mass is 79.9. The Balaban J connectivity index is 2.15. The zero-order valence-corrected chi connectivity index (χ0v) is 8.33. The minimum absolute atomic E-state index is 0.572. The van der Waals surface area contributed by atoms with E-state index in [0.29, 0.717) is 19.8 Å². The molecule has 0 saturated heterocycles. The lowest BCUT2D eigenvalue weighted by molar-refractivity contribution is 0.130. The molecule has 0 saturated carbocycles. The Kier molecular flexibility index (Phi) is 4.27. The summed E-state index contributed by atoms with van der Waals surface area (Å²) in [4.78, 5) is 0. The number of hydrogen-bond donors (Lipinski definition) is 1. The van der Waals surface area contributed by atoms with E-state index in [1.165, 1.54) is 0 Å². The average molecular weight is 234 g/mol. The van der Waals surface area contributed by atoms with Crippen molar-refractivity contribution in [2.45, 2.75) is 6.54 Å². The molecule has 1 aromatic rings. The number of halogens is 1. The molecule has 2 N–H and O–H groups in total. The second-order valence-electron chi connectivity index (χ2n) is 2.32. The van der Waals surface area contributed by atoms with Gasteiger partial charge in [-0.25, -0.2) is 0 Å². The molecular weight excluding hydrogens is 222 g/mol. The molecule has 4 nitrogen and oxygen atoms in total. The average Bonchev–Trinajstić information content (AvgIpc) is 2.45. The van der Waals surface area contributed by atoms with Gasteiger partial charge in [0.15, 0.2) is 0 Å². The van der Waals surface area contributed by atoms with Crippen LogP contribution in [0.25, 0.3) is 0 Å². The van der Waals surface area contributed by atoms with Gasteiger partial charge in [0.25, 0.3) is 0 Å². The van der Waals surface area contributed by atoms with Gasteiger partial charge in [0.05, 0.1) is 30.4 Å². The maximum atomic E-state index is 5.26. The monoisotopic (exact) mass is 233 g/mol. The summed E-state index contributed by atoms with van der Waals surface area (Å²) < 4.78 is 8.00. The third kappa shape index (κ3) is 3.34. The van der Waals surface area contributed by atoms with Crippen LogP contribution in [-0.2, 0) is 11.3 Å². The molecule has 0 amide bonds. The number of nitrogens with zero attached hydrogens (tertiary/aromatic N) is 2. The number of hydrogen-bond acceptors (Lipinski definition) is 3. The van der Waals surface area contributed by atoms with E-state index in [1.807, 2.05) is 10.9 Å². The van der Waals surface area contributed by atoms with Crippen molar-refractivity contribution in [3.05, 3.63) is 16.9 Å². The molecule has 1 heterocycles. The summed E-state index contributed by atoms with van der Waals surface area (Å²) in [6.07, 6.45) is 3.66. The van der Waals surface area contributed by atoms with Gasteiger partial charge in [-0.15, -0.1) is 0 Å². The lowest BCUT2D eigenvalue weighted by Gasteiger charge is -2.01. The maximum absolute atomic E-state index is 5.26. The van der Waals surface area contributed by atoms with Crippen LogP contribution in [0.4, 0.5) is 0 Å². The molecule has 68 valence electrons. The quantitative estimate of drug-likeness (QED) is 0.760. The summed E-state index contributed by atoms with van der Waals surface area (Å²) >= 11 is 3.31. The Labute approximate surface area is 79.8 Å². The van der Waals surface area contributed by atoms with Crippen molar-refractivity contribution in [2.75, 3.05) is 19.8 Å². The lowest BCUT2D eigenvalue weighted by atomic mass is 10.6. The van der Waals surface area contributed by atoms with E-state index in [0.717, 1.165) is 11.0 Å². The van der Waals surface area contributed by atoms with Crippen LogP contribution >= 0.6 is 15.9 Å². The Morgan fingerprint density at radius 1 is 1.58 bits per heavy atom. The predicted octanol–water partition coefficient (Wildman–Crippen LogP) is 0.621. The van der Waals surface area contributed by atoms with E-state index < -0.39 is 0 Å². The van der Waals surface area contributed by atoms with Gasteiger partial charge in [0.2, 0.25) is 0 Å². The summed E-state index contributed by atoms with van der Waals surface area (Å²) in [6.45, 7) is 2.61.